The van der Waals surface area contributed by atoms with Gasteiger partial charge in [-0.1, -0.05) is 17.9 Å². The summed E-state index contributed by atoms with van der Waals surface area (Å²) in [5.74, 6) is 5.19. The van der Waals surface area contributed by atoms with Crippen LogP contribution in [-0.4, -0.2) is 34.2 Å². The minimum absolute atomic E-state index is 0.215. The Kier molecular flexibility index (Phi) is 4.72. The summed E-state index contributed by atoms with van der Waals surface area (Å²) < 4.78 is 8.15. The van der Waals surface area contributed by atoms with Crippen LogP contribution in [0.3, 0.4) is 0 Å². The Morgan fingerprint density at radius 2 is 2.12 bits per heavy atom. The topological polar surface area (TPSA) is 82.3 Å². The summed E-state index contributed by atoms with van der Waals surface area (Å²) in [6, 6.07) is 4.72. The minimum atomic E-state index is -0.694. The van der Waals surface area contributed by atoms with E-state index in [0.717, 1.165) is 0 Å². The van der Waals surface area contributed by atoms with Gasteiger partial charge >= 0.3 is 5.69 Å². The Balaban J connectivity index is 2.11. The van der Waals surface area contributed by atoms with Crippen LogP contribution < -0.4 is 11.0 Å². The van der Waals surface area contributed by atoms with Crippen molar-refractivity contribution in [3.05, 3.63) is 34.2 Å². The molecule has 7 nitrogen and oxygen atoms in total. The molecule has 2 aromatic rings. The van der Waals surface area contributed by atoms with Crippen LogP contribution in [0.4, 0.5) is 0 Å². The number of imide groups is 1. The summed E-state index contributed by atoms with van der Waals surface area (Å²) in [5.41, 5.74) is 1.69. The molecule has 130 valence electrons. The average molecular weight is 341 g/mol. The minimum Gasteiger partial charge on any atom is -0.369 e. The Morgan fingerprint density at radius 1 is 1.32 bits per heavy atom. The summed E-state index contributed by atoms with van der Waals surface area (Å²) in [4.78, 5) is 36.3. The highest BCUT2D eigenvalue weighted by Crippen LogP contribution is 2.24. The van der Waals surface area contributed by atoms with Gasteiger partial charge in [0.2, 0.25) is 11.8 Å². The largest absolute Gasteiger partial charge is 0.369 e. The second-order valence-corrected chi connectivity index (χ2v) is 5.79. The monoisotopic (exact) mass is 341 g/mol. The van der Waals surface area contributed by atoms with Gasteiger partial charge in [0.05, 0.1) is 16.6 Å². The lowest BCUT2D eigenvalue weighted by molar-refractivity contribution is -0.135. The molecule has 0 saturated carbocycles. The van der Waals surface area contributed by atoms with Crippen molar-refractivity contribution in [2.24, 2.45) is 7.05 Å². The lowest BCUT2D eigenvalue weighted by Crippen LogP contribution is -2.44. The number of nitrogens with zero attached hydrogens (tertiary/aromatic N) is 2. The van der Waals surface area contributed by atoms with Crippen LogP contribution in [0.2, 0.25) is 0 Å². The third kappa shape index (κ3) is 3.08. The SMILES string of the molecule is CCOCC#Cc1cccc2c1n(C)c(=O)n2C1CCC(=O)NC1=O. The predicted molar refractivity (Wildman–Crippen MR) is 92.0 cm³/mol. The van der Waals surface area contributed by atoms with Crippen LogP contribution in [0, 0.1) is 11.8 Å². The molecule has 1 aliphatic rings. The Morgan fingerprint density at radius 3 is 2.84 bits per heavy atom. The third-order valence-corrected chi connectivity index (χ3v) is 4.23. The summed E-state index contributed by atoms with van der Waals surface area (Å²) >= 11 is 0. The molecule has 1 aromatic heterocycles. The van der Waals surface area contributed by atoms with Crippen LogP contribution in [0.5, 0.6) is 0 Å². The number of benzene rings is 1. The molecule has 0 bridgehead atoms. The van der Waals surface area contributed by atoms with Crippen molar-refractivity contribution in [1.82, 2.24) is 14.5 Å². The maximum atomic E-state index is 12.7. The molecular weight excluding hydrogens is 322 g/mol. The van der Waals surface area contributed by atoms with Gasteiger partial charge in [0.15, 0.2) is 0 Å². The number of ether oxygens (including phenoxy) is 1. The number of imidazole rings is 1. The highest BCUT2D eigenvalue weighted by atomic mass is 16.5. The van der Waals surface area contributed by atoms with Crippen molar-refractivity contribution in [2.45, 2.75) is 25.8 Å². The van der Waals surface area contributed by atoms with E-state index in [0.29, 0.717) is 36.2 Å². The number of aromatic nitrogens is 2. The molecule has 2 amide bonds. The van der Waals surface area contributed by atoms with E-state index in [1.807, 2.05) is 13.0 Å². The number of piperidine rings is 1. The molecule has 0 aliphatic carbocycles. The van der Waals surface area contributed by atoms with Crippen molar-refractivity contribution in [2.75, 3.05) is 13.2 Å². The zero-order valence-electron chi connectivity index (χ0n) is 14.2. The standard InChI is InChI=1S/C18H19N3O4/c1-3-25-11-5-7-12-6-4-8-13-16(12)20(2)18(24)21(13)14-9-10-15(22)19-17(14)23/h4,6,8,14H,3,9-11H2,1-2H3,(H,19,22,23). The molecule has 1 N–H and O–H groups in total. The van der Waals surface area contributed by atoms with Gasteiger partial charge in [0.25, 0.3) is 0 Å². The van der Waals surface area contributed by atoms with Gasteiger partial charge in [-0.25, -0.2) is 4.79 Å². The molecular formula is C18H19N3O4. The number of amides is 2. The van der Waals surface area contributed by atoms with Gasteiger partial charge in [-0.15, -0.1) is 0 Å². The number of hydrogen-bond donors (Lipinski definition) is 1. The highest BCUT2D eigenvalue weighted by Gasteiger charge is 2.31. The fourth-order valence-electron chi connectivity index (χ4n) is 3.05. The lowest BCUT2D eigenvalue weighted by Gasteiger charge is -2.21. The number of aryl methyl sites for hydroxylation is 1. The van der Waals surface area contributed by atoms with Crippen LogP contribution in [0.1, 0.15) is 31.4 Å². The first kappa shape index (κ1) is 17.0. The number of hydrogen-bond acceptors (Lipinski definition) is 4. The van der Waals surface area contributed by atoms with E-state index in [9.17, 15) is 14.4 Å². The van der Waals surface area contributed by atoms with E-state index in [2.05, 4.69) is 17.2 Å². The first-order valence-electron chi connectivity index (χ1n) is 8.14. The molecule has 1 aromatic carbocycles. The van der Waals surface area contributed by atoms with Gasteiger partial charge in [-0.05, 0) is 25.5 Å². The molecule has 3 rings (SSSR count). The fourth-order valence-corrected chi connectivity index (χ4v) is 3.05. The molecule has 2 heterocycles. The second-order valence-electron chi connectivity index (χ2n) is 5.79. The van der Waals surface area contributed by atoms with Crippen molar-refractivity contribution < 1.29 is 14.3 Å². The quantitative estimate of drug-likeness (QED) is 0.506. The number of rotatable bonds is 3. The first-order chi connectivity index (χ1) is 12.0. The smallest absolute Gasteiger partial charge is 0.329 e. The summed E-state index contributed by atoms with van der Waals surface area (Å²) in [5, 5.41) is 2.30. The van der Waals surface area contributed by atoms with Crippen LogP contribution in [-0.2, 0) is 21.4 Å². The molecule has 7 heteroatoms. The van der Waals surface area contributed by atoms with E-state index >= 15 is 0 Å². The maximum absolute atomic E-state index is 12.7. The Labute approximate surface area is 144 Å². The van der Waals surface area contributed by atoms with E-state index in [-0.39, 0.29) is 18.0 Å². The second kappa shape index (κ2) is 6.95. The van der Waals surface area contributed by atoms with Gasteiger partial charge < -0.3 is 4.74 Å². The van der Waals surface area contributed by atoms with Crippen molar-refractivity contribution in [1.29, 1.82) is 0 Å². The van der Waals surface area contributed by atoms with Crippen LogP contribution in [0.25, 0.3) is 11.0 Å². The van der Waals surface area contributed by atoms with E-state index < -0.39 is 11.9 Å². The third-order valence-electron chi connectivity index (χ3n) is 4.23. The first-order valence-corrected chi connectivity index (χ1v) is 8.14. The molecule has 1 fully saturated rings. The molecule has 0 spiro atoms. The van der Waals surface area contributed by atoms with E-state index in [1.54, 1.807) is 19.2 Å². The summed E-state index contributed by atoms with van der Waals surface area (Å²) in [7, 11) is 1.65. The number of fused-ring (bicyclic) bond motifs is 1. The number of nitrogens with one attached hydrogen (secondary N) is 1. The molecule has 1 aliphatic heterocycles. The van der Waals surface area contributed by atoms with E-state index in [4.69, 9.17) is 4.74 Å². The zero-order valence-corrected chi connectivity index (χ0v) is 14.2. The van der Waals surface area contributed by atoms with Crippen LogP contribution in [0.15, 0.2) is 23.0 Å². The fraction of sp³-hybridized carbons (Fsp3) is 0.389. The molecule has 1 atom stereocenters. The Hall–Kier alpha value is -2.85. The lowest BCUT2D eigenvalue weighted by atomic mass is 10.1. The predicted octanol–water partition coefficient (Wildman–Crippen LogP) is 0.706. The summed E-state index contributed by atoms with van der Waals surface area (Å²) in [6.07, 6.45) is 0.525. The molecule has 1 saturated heterocycles. The number of para-hydroxylation sites is 1. The number of carbonyl (C=O) groups excluding carboxylic acids is 2. The molecule has 0 radical (unpaired) electrons. The maximum Gasteiger partial charge on any atom is 0.329 e. The van der Waals surface area contributed by atoms with Gasteiger partial charge in [-0.2, -0.15) is 0 Å². The van der Waals surface area contributed by atoms with Gasteiger partial charge in [-0.3, -0.25) is 24.0 Å². The zero-order chi connectivity index (χ0) is 18.0. The van der Waals surface area contributed by atoms with Gasteiger partial charge in [0.1, 0.15) is 12.6 Å². The van der Waals surface area contributed by atoms with Crippen molar-refractivity contribution in [3.63, 3.8) is 0 Å². The van der Waals surface area contributed by atoms with E-state index in [1.165, 1.54) is 9.13 Å². The van der Waals surface area contributed by atoms with Crippen molar-refractivity contribution >= 4 is 22.8 Å². The van der Waals surface area contributed by atoms with Crippen molar-refractivity contribution in [3.8, 4) is 11.8 Å². The van der Waals surface area contributed by atoms with Gasteiger partial charge in [0, 0.05) is 20.1 Å². The summed E-state index contributed by atoms with van der Waals surface area (Å²) in [6.45, 7) is 2.80. The number of carbonyl (C=O) groups is 2. The highest BCUT2D eigenvalue weighted by molar-refractivity contribution is 6.00. The molecule has 25 heavy (non-hydrogen) atoms. The Bertz CT molecular complexity index is 958. The van der Waals surface area contributed by atoms with Crippen LogP contribution >= 0.6 is 0 Å². The average Bonchev–Trinajstić information content (AvgIpc) is 2.84. The molecule has 1 unspecified atom stereocenters. The normalized spacial score (nSPS) is 17.3.